The van der Waals surface area contributed by atoms with Crippen LogP contribution in [0, 0.1) is 17.3 Å². The van der Waals surface area contributed by atoms with Crippen LogP contribution in [0.5, 0.6) is 0 Å². The maximum atomic E-state index is 4.06. The summed E-state index contributed by atoms with van der Waals surface area (Å²) in [6.07, 6.45) is 8.38. The summed E-state index contributed by atoms with van der Waals surface area (Å²) in [5.74, 6) is 1.66. The van der Waals surface area contributed by atoms with Gasteiger partial charge in [-0.1, -0.05) is 47.5 Å². The minimum atomic E-state index is 0.455. The molecule has 124 valence electrons. The molecule has 2 fully saturated rings. The van der Waals surface area contributed by atoms with E-state index in [0.717, 1.165) is 23.9 Å². The van der Waals surface area contributed by atoms with E-state index in [0.29, 0.717) is 5.41 Å². The van der Waals surface area contributed by atoms with Gasteiger partial charge in [-0.05, 0) is 56.0 Å². The predicted octanol–water partition coefficient (Wildman–Crippen LogP) is 4.30. The molecular weight excluding hydrogens is 256 g/mol. The summed E-state index contributed by atoms with van der Waals surface area (Å²) >= 11 is 0. The topological polar surface area (TPSA) is 15.3 Å². The summed E-state index contributed by atoms with van der Waals surface area (Å²) in [5, 5.41) is 4.06. The molecule has 0 radical (unpaired) electrons. The number of likely N-dealkylation sites (tertiary alicyclic amines) is 1. The van der Waals surface area contributed by atoms with Gasteiger partial charge in [0.05, 0.1) is 0 Å². The van der Waals surface area contributed by atoms with Gasteiger partial charge in [-0.15, -0.1) is 0 Å². The maximum Gasteiger partial charge on any atom is 0.0103 e. The molecule has 0 bridgehead atoms. The molecule has 0 spiro atoms. The Morgan fingerprint density at radius 2 is 1.62 bits per heavy atom. The van der Waals surface area contributed by atoms with Gasteiger partial charge in [-0.25, -0.2) is 0 Å². The van der Waals surface area contributed by atoms with Gasteiger partial charge in [0, 0.05) is 18.6 Å². The van der Waals surface area contributed by atoms with Crippen molar-refractivity contribution in [3.63, 3.8) is 0 Å². The van der Waals surface area contributed by atoms with Crippen molar-refractivity contribution in [2.75, 3.05) is 19.6 Å². The number of hydrogen-bond donors (Lipinski definition) is 1. The van der Waals surface area contributed by atoms with Crippen molar-refractivity contribution in [2.24, 2.45) is 17.3 Å². The third-order valence-corrected chi connectivity index (χ3v) is 5.54. The quantitative estimate of drug-likeness (QED) is 0.831. The Kier molecular flexibility index (Phi) is 6.14. The highest BCUT2D eigenvalue weighted by atomic mass is 15.1. The third kappa shape index (κ3) is 5.25. The molecule has 21 heavy (non-hydrogen) atoms. The van der Waals surface area contributed by atoms with Crippen LogP contribution in [0.2, 0.25) is 0 Å². The van der Waals surface area contributed by atoms with E-state index in [4.69, 9.17) is 0 Å². The molecule has 0 aromatic carbocycles. The SMILES string of the molecule is CC(C)CN1CCC(NC2CCCCC2C(C)(C)C)CC1. The van der Waals surface area contributed by atoms with Crippen LogP contribution in [0.1, 0.15) is 73.1 Å². The van der Waals surface area contributed by atoms with Gasteiger partial charge in [0.1, 0.15) is 0 Å². The Bertz CT molecular complexity index is 297. The second kappa shape index (κ2) is 7.46. The largest absolute Gasteiger partial charge is 0.311 e. The minimum absolute atomic E-state index is 0.455. The van der Waals surface area contributed by atoms with Crippen molar-refractivity contribution in [1.29, 1.82) is 0 Å². The van der Waals surface area contributed by atoms with E-state index in [1.54, 1.807) is 0 Å². The summed E-state index contributed by atoms with van der Waals surface area (Å²) in [5.41, 5.74) is 0.455. The summed E-state index contributed by atoms with van der Waals surface area (Å²) in [4.78, 5) is 2.66. The van der Waals surface area contributed by atoms with Gasteiger partial charge in [-0.3, -0.25) is 0 Å². The van der Waals surface area contributed by atoms with Crippen LogP contribution in [0.25, 0.3) is 0 Å². The number of piperidine rings is 1. The molecule has 2 aliphatic rings. The lowest BCUT2D eigenvalue weighted by Crippen LogP contribution is -2.51. The smallest absolute Gasteiger partial charge is 0.0103 e. The van der Waals surface area contributed by atoms with Crippen molar-refractivity contribution in [2.45, 2.75) is 85.2 Å². The highest BCUT2D eigenvalue weighted by Crippen LogP contribution is 2.38. The number of nitrogens with zero attached hydrogens (tertiary/aromatic N) is 1. The zero-order valence-electron chi connectivity index (χ0n) is 15.1. The summed E-state index contributed by atoms with van der Waals surface area (Å²) in [7, 11) is 0. The average Bonchev–Trinajstić information content (AvgIpc) is 2.40. The zero-order valence-corrected chi connectivity index (χ0v) is 15.1. The van der Waals surface area contributed by atoms with Gasteiger partial charge in [0.15, 0.2) is 0 Å². The first kappa shape index (κ1) is 17.3. The molecule has 2 nitrogen and oxygen atoms in total. The molecule has 2 heteroatoms. The van der Waals surface area contributed by atoms with Crippen molar-refractivity contribution in [3.05, 3.63) is 0 Å². The number of nitrogens with one attached hydrogen (secondary N) is 1. The number of hydrogen-bond acceptors (Lipinski definition) is 2. The van der Waals surface area contributed by atoms with Crippen molar-refractivity contribution >= 4 is 0 Å². The fourth-order valence-electron chi connectivity index (χ4n) is 4.47. The van der Waals surface area contributed by atoms with Crippen LogP contribution in [0.3, 0.4) is 0 Å². The van der Waals surface area contributed by atoms with Gasteiger partial charge in [-0.2, -0.15) is 0 Å². The molecule has 2 atom stereocenters. The van der Waals surface area contributed by atoms with Crippen LogP contribution in [0.4, 0.5) is 0 Å². The highest BCUT2D eigenvalue weighted by molar-refractivity contribution is 4.91. The highest BCUT2D eigenvalue weighted by Gasteiger charge is 2.35. The molecule has 1 saturated carbocycles. The Morgan fingerprint density at radius 3 is 2.19 bits per heavy atom. The van der Waals surface area contributed by atoms with E-state index in [1.165, 1.54) is 58.2 Å². The van der Waals surface area contributed by atoms with E-state index in [1.807, 2.05) is 0 Å². The second-order valence-corrected chi connectivity index (χ2v) is 9.00. The van der Waals surface area contributed by atoms with Gasteiger partial charge in [0.2, 0.25) is 0 Å². The van der Waals surface area contributed by atoms with E-state index in [2.05, 4.69) is 44.8 Å². The normalized spacial score (nSPS) is 30.0. The van der Waals surface area contributed by atoms with E-state index in [9.17, 15) is 0 Å². The summed E-state index contributed by atoms with van der Waals surface area (Å²) < 4.78 is 0. The first-order valence-electron chi connectivity index (χ1n) is 9.34. The molecule has 2 rings (SSSR count). The minimum Gasteiger partial charge on any atom is -0.311 e. The first-order valence-corrected chi connectivity index (χ1v) is 9.34. The van der Waals surface area contributed by atoms with Crippen LogP contribution >= 0.6 is 0 Å². The lowest BCUT2D eigenvalue weighted by atomic mass is 9.69. The van der Waals surface area contributed by atoms with Crippen LogP contribution in [0.15, 0.2) is 0 Å². The monoisotopic (exact) mass is 294 g/mol. The molecule has 0 aromatic rings. The maximum absolute atomic E-state index is 4.06. The van der Waals surface area contributed by atoms with Crippen LogP contribution < -0.4 is 5.32 Å². The standard InChI is InChI=1S/C19H38N2/c1-15(2)14-21-12-10-16(11-13-21)20-18-9-7-6-8-17(18)19(3,4)5/h15-18,20H,6-14H2,1-5H3. The molecule has 1 heterocycles. The molecule has 0 aromatic heterocycles. The fourth-order valence-corrected chi connectivity index (χ4v) is 4.47. The molecule has 0 amide bonds. The Balaban J connectivity index is 1.81. The van der Waals surface area contributed by atoms with Crippen molar-refractivity contribution < 1.29 is 0 Å². The molecule has 1 aliphatic heterocycles. The van der Waals surface area contributed by atoms with Gasteiger partial charge >= 0.3 is 0 Å². The first-order chi connectivity index (χ1) is 9.86. The lowest BCUT2D eigenvalue weighted by Gasteiger charge is -2.44. The average molecular weight is 295 g/mol. The van der Waals surface area contributed by atoms with Gasteiger partial charge in [0.25, 0.3) is 0 Å². The molecule has 1 aliphatic carbocycles. The Morgan fingerprint density at radius 1 is 1.00 bits per heavy atom. The fraction of sp³-hybridized carbons (Fsp3) is 1.00. The molecule has 1 saturated heterocycles. The van der Waals surface area contributed by atoms with Gasteiger partial charge < -0.3 is 10.2 Å². The second-order valence-electron chi connectivity index (χ2n) is 9.00. The third-order valence-electron chi connectivity index (χ3n) is 5.54. The molecular formula is C19H38N2. The van der Waals surface area contributed by atoms with Crippen LogP contribution in [-0.2, 0) is 0 Å². The lowest BCUT2D eigenvalue weighted by molar-refractivity contribution is 0.105. The van der Waals surface area contributed by atoms with E-state index in [-0.39, 0.29) is 0 Å². The van der Waals surface area contributed by atoms with Crippen molar-refractivity contribution in [3.8, 4) is 0 Å². The van der Waals surface area contributed by atoms with E-state index >= 15 is 0 Å². The summed E-state index contributed by atoms with van der Waals surface area (Å²) in [6.45, 7) is 15.8. The predicted molar refractivity (Wildman–Crippen MR) is 92.6 cm³/mol. The Hall–Kier alpha value is -0.0800. The Labute approximate surface area is 133 Å². The number of rotatable bonds is 4. The molecule has 2 unspecified atom stereocenters. The summed E-state index contributed by atoms with van der Waals surface area (Å²) in [6, 6.07) is 1.53. The van der Waals surface area contributed by atoms with Crippen molar-refractivity contribution in [1.82, 2.24) is 10.2 Å². The van der Waals surface area contributed by atoms with E-state index < -0.39 is 0 Å². The molecule has 1 N–H and O–H groups in total. The zero-order chi connectivity index (χ0) is 15.5. The van der Waals surface area contributed by atoms with Crippen LogP contribution in [-0.4, -0.2) is 36.6 Å².